The van der Waals surface area contributed by atoms with Crippen LogP contribution in [0, 0.1) is 10.1 Å². The van der Waals surface area contributed by atoms with Gasteiger partial charge in [0.2, 0.25) is 5.75 Å². The van der Waals surface area contributed by atoms with E-state index in [0.29, 0.717) is 4.47 Å². The highest BCUT2D eigenvalue weighted by molar-refractivity contribution is 9.10. The van der Waals surface area contributed by atoms with Crippen molar-refractivity contribution in [1.29, 1.82) is 0 Å². The van der Waals surface area contributed by atoms with Gasteiger partial charge in [-0.25, -0.2) is 0 Å². The van der Waals surface area contributed by atoms with Crippen LogP contribution in [-0.4, -0.2) is 41.6 Å². The number of nitro groups is 1. The monoisotopic (exact) mass is 349 g/mol. The third-order valence-electron chi connectivity index (χ3n) is 2.49. The lowest BCUT2D eigenvalue weighted by molar-refractivity contribution is -0.386. The summed E-state index contributed by atoms with van der Waals surface area (Å²) in [4.78, 5) is 10.5. The van der Waals surface area contributed by atoms with Crippen molar-refractivity contribution in [2.75, 3.05) is 20.3 Å². The SMILES string of the molecule is COCC(O)COc1c([C@@H](C)O)cc(Br)cc1[N+](=O)[O-]. The van der Waals surface area contributed by atoms with Gasteiger partial charge in [-0.15, -0.1) is 0 Å². The first-order valence-electron chi connectivity index (χ1n) is 5.82. The number of aliphatic hydroxyl groups excluding tert-OH is 2. The fraction of sp³-hybridized carbons (Fsp3) is 0.500. The van der Waals surface area contributed by atoms with E-state index in [1.54, 1.807) is 0 Å². The normalized spacial score (nSPS) is 13.8. The van der Waals surface area contributed by atoms with Gasteiger partial charge >= 0.3 is 5.69 Å². The van der Waals surface area contributed by atoms with Gasteiger partial charge in [-0.1, -0.05) is 15.9 Å². The van der Waals surface area contributed by atoms with Gasteiger partial charge in [0, 0.05) is 23.2 Å². The van der Waals surface area contributed by atoms with Crippen LogP contribution in [0.5, 0.6) is 5.75 Å². The maximum atomic E-state index is 11.1. The summed E-state index contributed by atoms with van der Waals surface area (Å²) in [7, 11) is 1.42. The summed E-state index contributed by atoms with van der Waals surface area (Å²) in [6, 6.07) is 2.82. The van der Waals surface area contributed by atoms with Crippen LogP contribution in [0.2, 0.25) is 0 Å². The van der Waals surface area contributed by atoms with E-state index >= 15 is 0 Å². The summed E-state index contributed by atoms with van der Waals surface area (Å²) in [6.45, 7) is 1.36. The minimum Gasteiger partial charge on any atom is -0.484 e. The van der Waals surface area contributed by atoms with E-state index in [1.807, 2.05) is 0 Å². The highest BCUT2D eigenvalue weighted by Gasteiger charge is 2.24. The number of ether oxygens (including phenoxy) is 2. The second kappa shape index (κ2) is 7.53. The molecule has 0 radical (unpaired) electrons. The molecular weight excluding hydrogens is 334 g/mol. The van der Waals surface area contributed by atoms with E-state index in [9.17, 15) is 20.3 Å². The molecule has 0 aromatic heterocycles. The van der Waals surface area contributed by atoms with Gasteiger partial charge in [0.05, 0.1) is 17.6 Å². The zero-order chi connectivity index (χ0) is 15.3. The molecule has 112 valence electrons. The van der Waals surface area contributed by atoms with E-state index in [2.05, 4.69) is 15.9 Å². The van der Waals surface area contributed by atoms with Crippen LogP contribution in [-0.2, 0) is 4.74 Å². The number of hydrogen-bond acceptors (Lipinski definition) is 6. The summed E-state index contributed by atoms with van der Waals surface area (Å²) in [5.41, 5.74) is -0.00409. The zero-order valence-electron chi connectivity index (χ0n) is 11.1. The molecule has 1 unspecified atom stereocenters. The van der Waals surface area contributed by atoms with E-state index in [-0.39, 0.29) is 30.2 Å². The van der Waals surface area contributed by atoms with Crippen LogP contribution >= 0.6 is 15.9 Å². The largest absolute Gasteiger partial charge is 0.484 e. The molecule has 1 aromatic rings. The van der Waals surface area contributed by atoms with Gasteiger partial charge < -0.3 is 19.7 Å². The van der Waals surface area contributed by atoms with Crippen molar-refractivity contribution in [2.24, 2.45) is 0 Å². The zero-order valence-corrected chi connectivity index (χ0v) is 12.7. The molecule has 1 aromatic carbocycles. The molecule has 8 heteroatoms. The van der Waals surface area contributed by atoms with Crippen molar-refractivity contribution in [3.8, 4) is 5.75 Å². The van der Waals surface area contributed by atoms with Gasteiger partial charge in [0.1, 0.15) is 12.7 Å². The van der Waals surface area contributed by atoms with Crippen LogP contribution in [0.1, 0.15) is 18.6 Å². The molecule has 0 aliphatic heterocycles. The predicted octanol–water partition coefficient (Wildman–Crippen LogP) is 1.80. The van der Waals surface area contributed by atoms with E-state index in [4.69, 9.17) is 9.47 Å². The molecule has 2 atom stereocenters. The summed E-state index contributed by atoms with van der Waals surface area (Å²) < 4.78 is 10.5. The second-order valence-corrected chi connectivity index (χ2v) is 5.11. The number of halogens is 1. The van der Waals surface area contributed by atoms with Crippen molar-refractivity contribution < 1.29 is 24.6 Å². The van der Waals surface area contributed by atoms with Gasteiger partial charge in [-0.2, -0.15) is 0 Å². The molecule has 0 aliphatic carbocycles. The minimum atomic E-state index is -0.944. The molecule has 0 amide bonds. The second-order valence-electron chi connectivity index (χ2n) is 4.20. The predicted molar refractivity (Wildman–Crippen MR) is 74.8 cm³/mol. The lowest BCUT2D eigenvalue weighted by Crippen LogP contribution is -2.23. The van der Waals surface area contributed by atoms with Crippen molar-refractivity contribution in [3.63, 3.8) is 0 Å². The molecule has 2 N–H and O–H groups in total. The Hall–Kier alpha value is -1.22. The van der Waals surface area contributed by atoms with Gasteiger partial charge in [-0.3, -0.25) is 10.1 Å². The Morgan fingerprint density at radius 1 is 1.40 bits per heavy atom. The Kier molecular flexibility index (Phi) is 6.34. The molecule has 1 rings (SSSR count). The number of nitrogens with zero attached hydrogens (tertiary/aromatic N) is 1. The maximum Gasteiger partial charge on any atom is 0.312 e. The summed E-state index contributed by atoms with van der Waals surface area (Å²) in [5.74, 6) is -0.0525. The Balaban J connectivity index is 3.10. The first-order chi connectivity index (χ1) is 9.36. The lowest BCUT2D eigenvalue weighted by Gasteiger charge is -2.16. The first-order valence-corrected chi connectivity index (χ1v) is 6.61. The van der Waals surface area contributed by atoms with Crippen molar-refractivity contribution >= 4 is 21.6 Å². The number of methoxy groups -OCH3 is 1. The number of hydrogen-bond donors (Lipinski definition) is 2. The number of rotatable bonds is 7. The van der Waals surface area contributed by atoms with Crippen LogP contribution in [0.15, 0.2) is 16.6 Å². The molecule has 0 saturated heterocycles. The lowest BCUT2D eigenvalue weighted by atomic mass is 10.1. The molecule has 20 heavy (non-hydrogen) atoms. The molecule has 0 aliphatic rings. The van der Waals surface area contributed by atoms with Gasteiger partial charge in [-0.05, 0) is 13.0 Å². The quantitative estimate of drug-likeness (QED) is 0.574. The standard InChI is InChI=1S/C12H16BrNO6/c1-7(15)10-3-8(13)4-11(14(17)18)12(10)20-6-9(16)5-19-2/h3-4,7,9,15-16H,5-6H2,1-2H3/t7-,9?/m1/s1. The van der Waals surface area contributed by atoms with E-state index in [0.717, 1.165) is 0 Å². The fourth-order valence-electron chi connectivity index (χ4n) is 1.62. The van der Waals surface area contributed by atoms with Crippen LogP contribution in [0.25, 0.3) is 0 Å². The maximum absolute atomic E-state index is 11.1. The molecule has 7 nitrogen and oxygen atoms in total. The number of benzene rings is 1. The molecular formula is C12H16BrNO6. The topological polar surface area (TPSA) is 102 Å². The molecule has 0 bridgehead atoms. The third-order valence-corrected chi connectivity index (χ3v) is 2.95. The average Bonchev–Trinajstić information content (AvgIpc) is 2.36. The van der Waals surface area contributed by atoms with Gasteiger partial charge in [0.15, 0.2) is 0 Å². The molecule has 0 heterocycles. The van der Waals surface area contributed by atoms with E-state index < -0.39 is 17.1 Å². The summed E-state index contributed by atoms with van der Waals surface area (Å²) in [5, 5.41) is 30.3. The van der Waals surface area contributed by atoms with Crippen LogP contribution < -0.4 is 4.74 Å². The van der Waals surface area contributed by atoms with Crippen LogP contribution in [0.3, 0.4) is 0 Å². The van der Waals surface area contributed by atoms with Crippen molar-refractivity contribution in [2.45, 2.75) is 19.1 Å². The summed E-state index contributed by atoms with van der Waals surface area (Å²) in [6.07, 6.45) is -1.86. The Morgan fingerprint density at radius 3 is 2.55 bits per heavy atom. The highest BCUT2D eigenvalue weighted by Crippen LogP contribution is 2.37. The Labute approximate surface area is 124 Å². The number of aliphatic hydroxyl groups is 2. The van der Waals surface area contributed by atoms with E-state index in [1.165, 1.54) is 26.2 Å². The third kappa shape index (κ3) is 4.41. The fourth-order valence-corrected chi connectivity index (χ4v) is 2.09. The van der Waals surface area contributed by atoms with Gasteiger partial charge in [0.25, 0.3) is 0 Å². The molecule has 0 saturated carbocycles. The smallest absolute Gasteiger partial charge is 0.312 e. The van der Waals surface area contributed by atoms with Crippen molar-refractivity contribution in [3.05, 3.63) is 32.3 Å². The minimum absolute atomic E-state index is 0.0499. The average molecular weight is 350 g/mol. The molecule has 0 spiro atoms. The molecule has 0 fully saturated rings. The summed E-state index contributed by atoms with van der Waals surface area (Å²) >= 11 is 3.15. The van der Waals surface area contributed by atoms with Crippen LogP contribution in [0.4, 0.5) is 5.69 Å². The number of nitro benzene ring substituents is 1. The Morgan fingerprint density at radius 2 is 2.05 bits per heavy atom. The highest BCUT2D eigenvalue weighted by atomic mass is 79.9. The van der Waals surface area contributed by atoms with Crippen molar-refractivity contribution in [1.82, 2.24) is 0 Å². The Bertz CT molecular complexity index is 479. The first kappa shape index (κ1) is 16.8.